The summed E-state index contributed by atoms with van der Waals surface area (Å²) in [4.78, 5) is 15.0. The molecule has 0 radical (unpaired) electrons. The van der Waals surface area contributed by atoms with E-state index in [-0.39, 0.29) is 24.5 Å². The van der Waals surface area contributed by atoms with Gasteiger partial charge in [0, 0.05) is 38.1 Å². The zero-order valence-electron chi connectivity index (χ0n) is 23.8. The van der Waals surface area contributed by atoms with Crippen molar-refractivity contribution in [1.29, 1.82) is 0 Å². The molecule has 40 heavy (non-hydrogen) atoms. The van der Waals surface area contributed by atoms with Gasteiger partial charge in [0.1, 0.15) is 5.75 Å². The van der Waals surface area contributed by atoms with Gasteiger partial charge in [0.05, 0.1) is 18.8 Å². The van der Waals surface area contributed by atoms with Crippen molar-refractivity contribution in [2.45, 2.75) is 57.9 Å². The molecule has 0 spiro atoms. The fraction of sp³-hybridized carbons (Fsp3) is 0.567. The monoisotopic (exact) mass is 574 g/mol. The summed E-state index contributed by atoms with van der Waals surface area (Å²) in [5, 5.41) is 10.5. The molecule has 0 amide bonds. The molecule has 3 atom stereocenters. The highest BCUT2D eigenvalue weighted by Crippen LogP contribution is 2.47. The van der Waals surface area contributed by atoms with Crippen LogP contribution in [-0.2, 0) is 14.8 Å². The van der Waals surface area contributed by atoms with Gasteiger partial charge >= 0.3 is 5.97 Å². The summed E-state index contributed by atoms with van der Waals surface area (Å²) in [6, 6.07) is 12.8. The minimum absolute atomic E-state index is 0.155. The van der Waals surface area contributed by atoms with Crippen LogP contribution in [0.1, 0.15) is 69.0 Å². The molecule has 2 aliphatic heterocycles. The number of hydrogen-bond donors (Lipinski definition) is 1. The first kappa shape index (κ1) is 30.1. The molecule has 0 aliphatic carbocycles. The Kier molecular flexibility index (Phi) is 10.3. The number of fused-ring (bicyclic) bond motifs is 1. The molecule has 2 aliphatic rings. The highest BCUT2D eigenvalue weighted by Gasteiger charge is 2.47. The van der Waals surface area contributed by atoms with E-state index in [9.17, 15) is 18.3 Å². The van der Waals surface area contributed by atoms with Crippen molar-refractivity contribution in [1.82, 2.24) is 9.21 Å². The second-order valence-electron chi connectivity index (χ2n) is 10.6. The fourth-order valence-corrected chi connectivity index (χ4v) is 7.59. The molecule has 1 fully saturated rings. The van der Waals surface area contributed by atoms with Gasteiger partial charge in [-0.15, -0.1) is 0 Å². The molecule has 1 saturated heterocycles. The third-order valence-corrected chi connectivity index (χ3v) is 9.85. The summed E-state index contributed by atoms with van der Waals surface area (Å²) in [6.45, 7) is 6.22. The van der Waals surface area contributed by atoms with Gasteiger partial charge in [-0.05, 0) is 54.7 Å². The second kappa shape index (κ2) is 13.7. The lowest BCUT2D eigenvalue weighted by molar-refractivity contribution is -0.143. The molecule has 220 valence electrons. The Morgan fingerprint density at radius 2 is 1.73 bits per heavy atom. The van der Waals surface area contributed by atoms with E-state index < -0.39 is 21.9 Å². The number of hydrogen-bond acceptors (Lipinski definition) is 7. The lowest BCUT2D eigenvalue weighted by atomic mass is 9.82. The zero-order valence-corrected chi connectivity index (χ0v) is 24.6. The van der Waals surface area contributed by atoms with E-state index in [4.69, 9.17) is 14.2 Å². The second-order valence-corrected chi connectivity index (χ2v) is 12.7. The Hall–Kier alpha value is -2.82. The molecule has 2 aromatic rings. The molecule has 2 aromatic carbocycles. The van der Waals surface area contributed by atoms with Crippen molar-refractivity contribution in [2.24, 2.45) is 5.92 Å². The van der Waals surface area contributed by atoms with Gasteiger partial charge in [-0.3, -0.25) is 9.69 Å². The number of likely N-dealkylation sites (tertiary alicyclic amines) is 1. The van der Waals surface area contributed by atoms with Crippen LogP contribution in [0.25, 0.3) is 0 Å². The van der Waals surface area contributed by atoms with Crippen molar-refractivity contribution < 1.29 is 32.5 Å². The van der Waals surface area contributed by atoms with E-state index in [1.54, 1.807) is 11.4 Å². The Balaban J connectivity index is 1.57. The molecule has 1 N–H and O–H groups in total. The normalized spacial score (nSPS) is 20.8. The third-order valence-electron chi connectivity index (χ3n) is 7.89. The maximum Gasteiger partial charge on any atom is 0.309 e. The number of rotatable bonds is 15. The molecule has 2 heterocycles. The number of ether oxygens (including phenoxy) is 3. The molecule has 10 heteroatoms. The minimum Gasteiger partial charge on any atom is -0.497 e. The predicted octanol–water partition coefficient (Wildman–Crippen LogP) is 4.89. The largest absolute Gasteiger partial charge is 0.497 e. The van der Waals surface area contributed by atoms with Crippen LogP contribution in [-0.4, -0.2) is 74.5 Å². The number of carboxylic acid groups (broad SMARTS) is 1. The van der Waals surface area contributed by atoms with Gasteiger partial charge in [0.25, 0.3) is 0 Å². The standard InChI is InChI=1S/C30H42N2O7S/c1-4-6-7-18-40(35,36)32(15-5-2)17-8-16-31-20-25(23-11-14-26-27(19-23)39-21-38-26)28(30(33)34)29(31)22-9-12-24(37-3)13-10-22/h9-14,19,25,28-29H,4-8,15-18,20-21H2,1-3H3,(H,33,34)/t25-,28-,29+/m1/s1. The molecule has 0 bridgehead atoms. The first-order valence-corrected chi connectivity index (χ1v) is 15.9. The van der Waals surface area contributed by atoms with Gasteiger partial charge in [-0.2, -0.15) is 0 Å². The van der Waals surface area contributed by atoms with Crippen LogP contribution in [0.15, 0.2) is 42.5 Å². The van der Waals surface area contributed by atoms with Crippen molar-refractivity contribution in [3.05, 3.63) is 53.6 Å². The predicted molar refractivity (Wildman–Crippen MR) is 154 cm³/mol. The summed E-state index contributed by atoms with van der Waals surface area (Å²) in [5.41, 5.74) is 1.79. The summed E-state index contributed by atoms with van der Waals surface area (Å²) in [7, 11) is -1.73. The summed E-state index contributed by atoms with van der Waals surface area (Å²) < 4.78 is 44.1. The molecule has 0 saturated carbocycles. The summed E-state index contributed by atoms with van der Waals surface area (Å²) in [6.07, 6.45) is 3.90. The van der Waals surface area contributed by atoms with Crippen LogP contribution in [0.5, 0.6) is 17.2 Å². The Morgan fingerprint density at radius 1 is 1.00 bits per heavy atom. The van der Waals surface area contributed by atoms with E-state index in [1.165, 1.54) is 0 Å². The highest BCUT2D eigenvalue weighted by atomic mass is 32.2. The number of sulfonamides is 1. The number of carboxylic acids is 1. The average Bonchev–Trinajstić information content (AvgIpc) is 3.57. The number of unbranched alkanes of at least 4 members (excludes halogenated alkanes) is 2. The van der Waals surface area contributed by atoms with Gasteiger partial charge in [-0.25, -0.2) is 12.7 Å². The van der Waals surface area contributed by atoms with Crippen LogP contribution < -0.4 is 14.2 Å². The quantitative estimate of drug-likeness (QED) is 0.300. The topological polar surface area (TPSA) is 106 Å². The van der Waals surface area contributed by atoms with Crippen molar-refractivity contribution >= 4 is 16.0 Å². The number of aliphatic carboxylic acids is 1. The number of nitrogens with zero attached hydrogens (tertiary/aromatic N) is 2. The molecular weight excluding hydrogens is 532 g/mol. The van der Waals surface area contributed by atoms with E-state index in [0.29, 0.717) is 56.3 Å². The summed E-state index contributed by atoms with van der Waals surface area (Å²) in [5.74, 6) is 0.333. The first-order valence-electron chi connectivity index (χ1n) is 14.3. The first-order chi connectivity index (χ1) is 19.3. The molecule has 0 aromatic heterocycles. The molecule has 0 unspecified atom stereocenters. The Bertz CT molecular complexity index is 1240. The SMILES string of the molecule is CCCCCS(=O)(=O)N(CCC)CCCN1C[C@H](c2ccc3c(c2)OCO3)[C@@H](C(=O)O)[C@@H]1c1ccc(OC)cc1. The highest BCUT2D eigenvalue weighted by molar-refractivity contribution is 7.89. The lowest BCUT2D eigenvalue weighted by Gasteiger charge is -2.28. The van der Waals surface area contributed by atoms with Gasteiger partial charge < -0.3 is 19.3 Å². The van der Waals surface area contributed by atoms with Crippen LogP contribution in [0.2, 0.25) is 0 Å². The van der Waals surface area contributed by atoms with E-state index in [0.717, 1.165) is 30.4 Å². The van der Waals surface area contributed by atoms with Gasteiger partial charge in [0.15, 0.2) is 11.5 Å². The van der Waals surface area contributed by atoms with Crippen molar-refractivity contribution in [3.63, 3.8) is 0 Å². The molecular formula is C30H42N2O7S. The van der Waals surface area contributed by atoms with Crippen molar-refractivity contribution in [3.8, 4) is 17.2 Å². The third kappa shape index (κ3) is 6.90. The van der Waals surface area contributed by atoms with E-state index in [2.05, 4.69) is 11.8 Å². The minimum atomic E-state index is -3.33. The van der Waals surface area contributed by atoms with Crippen LogP contribution in [0.4, 0.5) is 0 Å². The molecule has 9 nitrogen and oxygen atoms in total. The molecule has 4 rings (SSSR count). The lowest BCUT2D eigenvalue weighted by Crippen LogP contribution is -2.37. The van der Waals surface area contributed by atoms with Gasteiger partial charge in [0.2, 0.25) is 16.8 Å². The average molecular weight is 575 g/mol. The van der Waals surface area contributed by atoms with E-state index in [1.807, 2.05) is 49.4 Å². The number of benzene rings is 2. The maximum absolute atomic E-state index is 13.0. The van der Waals surface area contributed by atoms with Crippen LogP contribution in [0, 0.1) is 5.92 Å². The Labute approximate surface area is 238 Å². The van der Waals surface area contributed by atoms with Crippen LogP contribution in [0.3, 0.4) is 0 Å². The Morgan fingerprint density at radius 3 is 2.40 bits per heavy atom. The summed E-state index contributed by atoms with van der Waals surface area (Å²) >= 11 is 0. The zero-order chi connectivity index (χ0) is 28.7. The smallest absolute Gasteiger partial charge is 0.309 e. The number of carbonyl (C=O) groups is 1. The fourth-order valence-electron chi connectivity index (χ4n) is 5.89. The van der Waals surface area contributed by atoms with E-state index >= 15 is 0 Å². The van der Waals surface area contributed by atoms with Crippen molar-refractivity contribution in [2.75, 3.05) is 45.8 Å². The maximum atomic E-state index is 13.0. The number of methoxy groups -OCH3 is 1. The van der Waals surface area contributed by atoms with Crippen LogP contribution >= 0.6 is 0 Å². The van der Waals surface area contributed by atoms with Gasteiger partial charge in [-0.1, -0.05) is 44.9 Å².